The molecule has 1 aliphatic heterocycles. The molecule has 1 aliphatic rings. The van der Waals surface area contributed by atoms with Crippen molar-refractivity contribution in [3.05, 3.63) is 71.8 Å². The molecule has 0 amide bonds. The van der Waals surface area contributed by atoms with Crippen molar-refractivity contribution in [3.63, 3.8) is 0 Å². The van der Waals surface area contributed by atoms with E-state index in [1.807, 2.05) is 10.8 Å². The monoisotopic (exact) mass is 334 g/mol. The number of carbonyl (C=O) groups is 1. The van der Waals surface area contributed by atoms with E-state index in [4.69, 9.17) is 5.11 Å². The normalized spacial score (nSPS) is 13.8. The Labute approximate surface area is 145 Å². The molecule has 126 valence electrons. The maximum Gasteiger partial charge on any atom is 0.335 e. The number of aromatic carboxylic acids is 1. The first-order valence-corrected chi connectivity index (χ1v) is 8.20. The summed E-state index contributed by atoms with van der Waals surface area (Å²) in [5.41, 5.74) is 4.29. The van der Waals surface area contributed by atoms with Gasteiger partial charge >= 0.3 is 5.97 Å². The van der Waals surface area contributed by atoms with Crippen molar-refractivity contribution < 1.29 is 9.90 Å². The predicted molar refractivity (Wildman–Crippen MR) is 93.0 cm³/mol. The maximum atomic E-state index is 11.1. The maximum absolute atomic E-state index is 11.1. The summed E-state index contributed by atoms with van der Waals surface area (Å²) in [7, 11) is 0. The summed E-state index contributed by atoms with van der Waals surface area (Å²) in [5.74, 6) is -0.961. The van der Waals surface area contributed by atoms with Crippen LogP contribution >= 0.6 is 0 Å². The minimum Gasteiger partial charge on any atom is -0.478 e. The lowest BCUT2D eigenvalue weighted by molar-refractivity contribution is 0.0697. The number of carboxylic acid groups (broad SMARTS) is 1. The molecule has 0 aliphatic carbocycles. The zero-order chi connectivity index (χ0) is 17.2. The van der Waals surface area contributed by atoms with E-state index >= 15 is 0 Å². The van der Waals surface area contributed by atoms with Crippen molar-refractivity contribution in [1.29, 1.82) is 0 Å². The van der Waals surface area contributed by atoms with Crippen LogP contribution in [-0.2, 0) is 19.6 Å². The largest absolute Gasteiger partial charge is 0.478 e. The molecule has 1 aromatic carbocycles. The van der Waals surface area contributed by atoms with E-state index in [1.54, 1.807) is 12.4 Å². The standard InChI is InChI=1S/C19H18N4O2/c24-19(25)14-5-6-20-17(9-14)18-12-23(13-21-18)8-7-22-10-15-3-1-2-4-16(15)11-22/h1-6,9,12-13H,7-8,10-11H2,(H,24,25). The van der Waals surface area contributed by atoms with Gasteiger partial charge in [-0.25, -0.2) is 9.78 Å². The van der Waals surface area contributed by atoms with Gasteiger partial charge in [-0.15, -0.1) is 0 Å². The topological polar surface area (TPSA) is 71.2 Å². The van der Waals surface area contributed by atoms with E-state index in [1.165, 1.54) is 23.4 Å². The highest BCUT2D eigenvalue weighted by atomic mass is 16.4. The molecule has 0 unspecified atom stereocenters. The molecule has 0 bridgehead atoms. The van der Waals surface area contributed by atoms with Gasteiger partial charge in [-0.05, 0) is 23.3 Å². The molecule has 0 spiro atoms. The summed E-state index contributed by atoms with van der Waals surface area (Å²) >= 11 is 0. The molecule has 4 rings (SSSR count). The van der Waals surface area contributed by atoms with Crippen molar-refractivity contribution in [1.82, 2.24) is 19.4 Å². The zero-order valence-electron chi connectivity index (χ0n) is 13.7. The van der Waals surface area contributed by atoms with Crippen LogP contribution in [0.15, 0.2) is 55.1 Å². The minimum atomic E-state index is -0.961. The Hall–Kier alpha value is -2.99. The number of rotatable bonds is 5. The summed E-state index contributed by atoms with van der Waals surface area (Å²) < 4.78 is 2.02. The Balaban J connectivity index is 1.41. The van der Waals surface area contributed by atoms with Gasteiger partial charge in [-0.3, -0.25) is 9.88 Å². The third kappa shape index (κ3) is 3.29. The SMILES string of the molecule is O=C(O)c1ccnc(-c2cn(CCN3Cc4ccccc4C3)cn2)c1. The lowest BCUT2D eigenvalue weighted by Crippen LogP contribution is -2.21. The highest BCUT2D eigenvalue weighted by Gasteiger charge is 2.17. The Morgan fingerprint density at radius 1 is 1.04 bits per heavy atom. The highest BCUT2D eigenvalue weighted by Crippen LogP contribution is 2.22. The first-order valence-electron chi connectivity index (χ1n) is 8.20. The van der Waals surface area contributed by atoms with Crippen LogP contribution in [0.5, 0.6) is 0 Å². The summed E-state index contributed by atoms with van der Waals surface area (Å²) in [6.45, 7) is 3.74. The number of nitrogens with zero attached hydrogens (tertiary/aromatic N) is 4. The summed E-state index contributed by atoms with van der Waals surface area (Å²) in [5, 5.41) is 9.08. The average Bonchev–Trinajstić information content (AvgIpc) is 3.26. The molecule has 0 saturated carbocycles. The number of carboxylic acids is 1. The van der Waals surface area contributed by atoms with Crippen molar-refractivity contribution in [3.8, 4) is 11.4 Å². The lowest BCUT2D eigenvalue weighted by atomic mass is 10.1. The van der Waals surface area contributed by atoms with Gasteiger partial charge in [-0.1, -0.05) is 24.3 Å². The average molecular weight is 334 g/mol. The van der Waals surface area contributed by atoms with Crippen LogP contribution in [0.1, 0.15) is 21.5 Å². The highest BCUT2D eigenvalue weighted by molar-refractivity contribution is 5.88. The van der Waals surface area contributed by atoms with Crippen LogP contribution in [0.25, 0.3) is 11.4 Å². The van der Waals surface area contributed by atoms with E-state index in [9.17, 15) is 4.79 Å². The van der Waals surface area contributed by atoms with Crippen LogP contribution < -0.4 is 0 Å². The fraction of sp³-hybridized carbons (Fsp3) is 0.211. The van der Waals surface area contributed by atoms with Crippen molar-refractivity contribution in [2.45, 2.75) is 19.6 Å². The zero-order valence-corrected chi connectivity index (χ0v) is 13.7. The molecular formula is C19H18N4O2. The number of benzene rings is 1. The molecule has 6 heteroatoms. The molecule has 1 N–H and O–H groups in total. The molecule has 0 radical (unpaired) electrons. The van der Waals surface area contributed by atoms with Gasteiger partial charge in [0.15, 0.2) is 0 Å². The molecule has 6 nitrogen and oxygen atoms in total. The number of fused-ring (bicyclic) bond motifs is 1. The molecule has 3 aromatic rings. The van der Waals surface area contributed by atoms with Crippen molar-refractivity contribution in [2.75, 3.05) is 6.54 Å². The summed E-state index contributed by atoms with van der Waals surface area (Å²) in [6, 6.07) is 11.6. The van der Waals surface area contributed by atoms with Crippen molar-refractivity contribution in [2.24, 2.45) is 0 Å². The number of hydrogen-bond acceptors (Lipinski definition) is 4. The van der Waals surface area contributed by atoms with Gasteiger partial charge in [0.2, 0.25) is 0 Å². The minimum absolute atomic E-state index is 0.217. The second-order valence-corrected chi connectivity index (χ2v) is 6.21. The number of imidazole rings is 1. The first-order chi connectivity index (χ1) is 12.2. The Kier molecular flexibility index (Phi) is 4.03. The fourth-order valence-corrected chi connectivity index (χ4v) is 3.14. The summed E-state index contributed by atoms with van der Waals surface area (Å²) in [4.78, 5) is 22.1. The quantitative estimate of drug-likeness (QED) is 0.777. The Bertz CT molecular complexity index is 894. The molecule has 0 fully saturated rings. The first kappa shape index (κ1) is 15.5. The molecule has 2 aromatic heterocycles. The second-order valence-electron chi connectivity index (χ2n) is 6.21. The van der Waals surface area contributed by atoms with E-state index in [-0.39, 0.29) is 5.56 Å². The lowest BCUT2D eigenvalue weighted by Gasteiger charge is -2.14. The van der Waals surface area contributed by atoms with E-state index in [0.29, 0.717) is 11.4 Å². The summed E-state index contributed by atoms with van der Waals surface area (Å²) in [6.07, 6.45) is 5.18. The fourth-order valence-electron chi connectivity index (χ4n) is 3.14. The Morgan fingerprint density at radius 2 is 1.80 bits per heavy atom. The van der Waals surface area contributed by atoms with Crippen LogP contribution in [0.2, 0.25) is 0 Å². The van der Waals surface area contributed by atoms with Crippen LogP contribution in [0.4, 0.5) is 0 Å². The van der Waals surface area contributed by atoms with Crippen LogP contribution in [0.3, 0.4) is 0 Å². The Morgan fingerprint density at radius 3 is 2.52 bits per heavy atom. The van der Waals surface area contributed by atoms with Crippen LogP contribution in [-0.4, -0.2) is 37.1 Å². The van der Waals surface area contributed by atoms with Gasteiger partial charge in [0, 0.05) is 38.6 Å². The van der Waals surface area contributed by atoms with Gasteiger partial charge < -0.3 is 9.67 Å². The van der Waals surface area contributed by atoms with Gasteiger partial charge in [0.05, 0.1) is 17.6 Å². The molecule has 3 heterocycles. The van der Waals surface area contributed by atoms with Gasteiger partial charge in [0.1, 0.15) is 5.69 Å². The smallest absolute Gasteiger partial charge is 0.335 e. The third-order valence-electron chi connectivity index (χ3n) is 4.48. The number of pyridine rings is 1. The predicted octanol–water partition coefficient (Wildman–Crippen LogP) is 2.66. The van der Waals surface area contributed by atoms with E-state index < -0.39 is 5.97 Å². The van der Waals surface area contributed by atoms with Crippen molar-refractivity contribution >= 4 is 5.97 Å². The molecule has 0 saturated heterocycles. The van der Waals surface area contributed by atoms with Gasteiger partial charge in [-0.2, -0.15) is 0 Å². The van der Waals surface area contributed by atoms with E-state index in [0.717, 1.165) is 26.2 Å². The third-order valence-corrected chi connectivity index (χ3v) is 4.48. The van der Waals surface area contributed by atoms with Crippen LogP contribution in [0, 0.1) is 0 Å². The van der Waals surface area contributed by atoms with E-state index in [2.05, 4.69) is 39.1 Å². The van der Waals surface area contributed by atoms with Gasteiger partial charge in [0.25, 0.3) is 0 Å². The molecular weight excluding hydrogens is 316 g/mol. The number of hydrogen-bond donors (Lipinski definition) is 1. The molecule has 0 atom stereocenters. The number of aromatic nitrogens is 3. The molecule has 25 heavy (non-hydrogen) atoms. The second kappa shape index (κ2) is 6.49.